The van der Waals surface area contributed by atoms with Gasteiger partial charge in [-0.15, -0.1) is 0 Å². The lowest BCUT2D eigenvalue weighted by atomic mass is 9.86. The molecule has 1 heterocycles. The minimum Gasteiger partial charge on any atom is -0.398 e. The zero-order valence-corrected chi connectivity index (χ0v) is 17.6. The summed E-state index contributed by atoms with van der Waals surface area (Å²) in [5.74, 6) is 0.401. The molecule has 1 saturated carbocycles. The monoisotopic (exact) mass is 438 g/mol. The molecule has 0 saturated heterocycles. The number of benzene rings is 2. The maximum Gasteiger partial charge on any atom is 0.417 e. The first kappa shape index (κ1) is 21.9. The first-order valence-corrected chi connectivity index (χ1v) is 10.7. The fraction of sp³-hybridized carbons (Fsp3) is 0.280. The lowest BCUT2D eigenvalue weighted by molar-refractivity contribution is -0.137. The van der Waals surface area contributed by atoms with Crippen LogP contribution in [-0.4, -0.2) is 10.8 Å². The third kappa shape index (κ3) is 4.77. The average Bonchev–Trinajstić information content (AvgIpc) is 2.79. The van der Waals surface area contributed by atoms with Crippen molar-refractivity contribution in [3.8, 4) is 11.3 Å². The third-order valence-corrected chi connectivity index (χ3v) is 5.85. The Hall–Kier alpha value is -3.35. The summed E-state index contributed by atoms with van der Waals surface area (Å²) in [6, 6.07) is 16.0. The Morgan fingerprint density at radius 1 is 0.938 bits per heavy atom. The van der Waals surface area contributed by atoms with Crippen LogP contribution in [-0.2, 0) is 6.18 Å². The Morgan fingerprint density at radius 3 is 2.34 bits per heavy atom. The molecular formula is C25H25F3N4. The van der Waals surface area contributed by atoms with Crippen molar-refractivity contribution < 1.29 is 13.2 Å². The molecule has 3 aromatic rings. The van der Waals surface area contributed by atoms with Crippen LogP contribution in [0.4, 0.5) is 24.5 Å². The molecule has 7 heteroatoms. The van der Waals surface area contributed by atoms with E-state index in [1.807, 2.05) is 6.07 Å². The maximum absolute atomic E-state index is 13.7. The molecule has 0 amide bonds. The van der Waals surface area contributed by atoms with Gasteiger partial charge in [0, 0.05) is 28.4 Å². The molecule has 1 aliphatic rings. The van der Waals surface area contributed by atoms with Gasteiger partial charge in [0.1, 0.15) is 5.84 Å². The number of alkyl halides is 3. The lowest BCUT2D eigenvalue weighted by Crippen LogP contribution is -2.15. The Kier molecular flexibility index (Phi) is 6.17. The number of aromatic nitrogens is 1. The summed E-state index contributed by atoms with van der Waals surface area (Å²) in [6.45, 7) is 0. The molecule has 32 heavy (non-hydrogen) atoms. The van der Waals surface area contributed by atoms with Crippen molar-refractivity contribution in [2.45, 2.75) is 44.2 Å². The number of nitrogens with two attached hydrogens (primary N) is 2. The Morgan fingerprint density at radius 2 is 1.62 bits per heavy atom. The molecule has 4 nitrogen and oxygen atoms in total. The van der Waals surface area contributed by atoms with Crippen molar-refractivity contribution in [3.63, 3.8) is 0 Å². The Bertz CT molecular complexity index is 1130. The van der Waals surface area contributed by atoms with Crippen molar-refractivity contribution in [2.24, 2.45) is 10.7 Å². The molecule has 0 atom stereocenters. The van der Waals surface area contributed by atoms with Crippen molar-refractivity contribution in [2.75, 3.05) is 5.73 Å². The van der Waals surface area contributed by atoms with Crippen LogP contribution >= 0.6 is 0 Å². The van der Waals surface area contributed by atoms with Crippen molar-refractivity contribution in [1.82, 2.24) is 4.98 Å². The van der Waals surface area contributed by atoms with Gasteiger partial charge >= 0.3 is 6.18 Å². The minimum absolute atomic E-state index is 0.0342. The Labute approximate surface area is 185 Å². The quantitative estimate of drug-likeness (QED) is 0.280. The van der Waals surface area contributed by atoms with E-state index in [0.29, 0.717) is 16.9 Å². The highest BCUT2D eigenvalue weighted by Crippen LogP contribution is 2.39. The van der Waals surface area contributed by atoms with E-state index in [9.17, 15) is 13.2 Å². The fourth-order valence-corrected chi connectivity index (χ4v) is 4.23. The number of hydrogen-bond donors (Lipinski definition) is 2. The van der Waals surface area contributed by atoms with Crippen LogP contribution in [0.25, 0.3) is 11.3 Å². The zero-order valence-electron chi connectivity index (χ0n) is 17.6. The van der Waals surface area contributed by atoms with E-state index < -0.39 is 11.7 Å². The van der Waals surface area contributed by atoms with E-state index >= 15 is 0 Å². The summed E-state index contributed by atoms with van der Waals surface area (Å²) in [7, 11) is 0. The summed E-state index contributed by atoms with van der Waals surface area (Å²) in [5, 5.41) is 0. The van der Waals surface area contributed by atoms with Gasteiger partial charge in [-0.2, -0.15) is 13.2 Å². The van der Waals surface area contributed by atoms with Gasteiger partial charge in [0.2, 0.25) is 0 Å². The summed E-state index contributed by atoms with van der Waals surface area (Å²) in [6.07, 6.45) is 0.760. The number of halogens is 3. The molecular weight excluding hydrogens is 413 g/mol. The maximum atomic E-state index is 13.7. The summed E-state index contributed by atoms with van der Waals surface area (Å²) in [5.41, 5.74) is 14.1. The van der Waals surface area contributed by atoms with Crippen molar-refractivity contribution in [3.05, 3.63) is 77.5 Å². The molecule has 166 valence electrons. The second kappa shape index (κ2) is 9.02. The van der Waals surface area contributed by atoms with Crippen LogP contribution in [0, 0.1) is 0 Å². The van der Waals surface area contributed by atoms with E-state index in [1.165, 1.54) is 18.6 Å². The van der Waals surface area contributed by atoms with Gasteiger partial charge in [0.15, 0.2) is 0 Å². The number of hydrogen-bond acceptors (Lipinski definition) is 3. The van der Waals surface area contributed by atoms with Crippen LogP contribution in [0.3, 0.4) is 0 Å². The number of aliphatic imine (C=N–C) groups is 1. The normalized spacial score (nSPS) is 15.7. The van der Waals surface area contributed by atoms with Gasteiger partial charge in [-0.05, 0) is 43.2 Å². The molecule has 1 aromatic heterocycles. The predicted octanol–water partition coefficient (Wildman–Crippen LogP) is 6.43. The molecule has 0 bridgehead atoms. The van der Waals surface area contributed by atoms with Gasteiger partial charge < -0.3 is 11.5 Å². The Balaban J connectivity index is 1.85. The molecule has 1 aliphatic carbocycles. The minimum atomic E-state index is -4.49. The molecule has 0 radical (unpaired) electrons. The van der Waals surface area contributed by atoms with Crippen LogP contribution in [0.5, 0.6) is 0 Å². The largest absolute Gasteiger partial charge is 0.417 e. The second-order valence-corrected chi connectivity index (χ2v) is 8.10. The smallest absolute Gasteiger partial charge is 0.398 e. The highest BCUT2D eigenvalue weighted by atomic mass is 19.4. The molecule has 0 aliphatic heterocycles. The standard InChI is InChI=1S/C25H25F3N4/c26-25(27,28)20-12-6-4-10-18(20)23-15-17(14-22(32-23)16-8-2-1-3-9-16)31-24(30)19-11-5-7-13-21(19)29/h4-7,10-16H,1-3,8-9,29H2,(H2,30,31,32). The molecule has 4 rings (SSSR count). The van der Waals surface area contributed by atoms with Gasteiger partial charge in [-0.1, -0.05) is 49.6 Å². The number of rotatable bonds is 4. The van der Waals surface area contributed by atoms with E-state index in [2.05, 4.69) is 9.98 Å². The zero-order chi connectivity index (χ0) is 22.7. The van der Waals surface area contributed by atoms with E-state index in [1.54, 1.807) is 36.4 Å². The third-order valence-electron chi connectivity index (χ3n) is 5.85. The first-order valence-electron chi connectivity index (χ1n) is 10.7. The number of nitrogens with zero attached hydrogens (tertiary/aromatic N) is 2. The van der Waals surface area contributed by atoms with Gasteiger partial charge in [0.05, 0.1) is 16.9 Å². The lowest BCUT2D eigenvalue weighted by Gasteiger charge is -2.22. The van der Waals surface area contributed by atoms with Gasteiger partial charge in [-0.3, -0.25) is 4.98 Å². The SMILES string of the molecule is NC(=Nc1cc(-c2ccccc2C(F)(F)F)nc(C2CCCCC2)c1)c1ccccc1N. The van der Waals surface area contributed by atoms with Gasteiger partial charge in [0.25, 0.3) is 0 Å². The number of para-hydroxylation sites is 1. The first-order chi connectivity index (χ1) is 15.3. The van der Waals surface area contributed by atoms with E-state index in [4.69, 9.17) is 11.5 Å². The average molecular weight is 438 g/mol. The highest BCUT2D eigenvalue weighted by Gasteiger charge is 2.34. The van der Waals surface area contributed by atoms with Crippen LogP contribution in [0.15, 0.2) is 65.7 Å². The second-order valence-electron chi connectivity index (χ2n) is 8.10. The number of amidine groups is 1. The van der Waals surface area contributed by atoms with Crippen molar-refractivity contribution in [1.29, 1.82) is 0 Å². The van der Waals surface area contributed by atoms with Crippen LogP contribution in [0.1, 0.15) is 54.8 Å². The van der Waals surface area contributed by atoms with Gasteiger partial charge in [-0.25, -0.2) is 4.99 Å². The summed E-state index contributed by atoms with van der Waals surface area (Å²) >= 11 is 0. The molecule has 0 spiro atoms. The van der Waals surface area contributed by atoms with Crippen LogP contribution in [0.2, 0.25) is 0 Å². The highest BCUT2D eigenvalue weighted by molar-refractivity contribution is 6.03. The van der Waals surface area contributed by atoms with E-state index in [-0.39, 0.29) is 23.0 Å². The fourth-order valence-electron chi connectivity index (χ4n) is 4.23. The molecule has 4 N–H and O–H groups in total. The predicted molar refractivity (Wildman–Crippen MR) is 122 cm³/mol. The summed E-state index contributed by atoms with van der Waals surface area (Å²) < 4.78 is 41.0. The number of nitrogen functional groups attached to an aromatic ring is 1. The number of anilines is 1. The van der Waals surface area contributed by atoms with Crippen LogP contribution < -0.4 is 11.5 Å². The summed E-state index contributed by atoms with van der Waals surface area (Å²) in [4.78, 5) is 9.18. The van der Waals surface area contributed by atoms with E-state index in [0.717, 1.165) is 37.4 Å². The topological polar surface area (TPSA) is 77.3 Å². The van der Waals surface area contributed by atoms with Crippen molar-refractivity contribution >= 4 is 17.2 Å². The molecule has 1 fully saturated rings. The molecule has 0 unspecified atom stereocenters. The number of pyridine rings is 1. The molecule has 2 aromatic carbocycles.